The van der Waals surface area contributed by atoms with Crippen LogP contribution in [0.3, 0.4) is 0 Å². The second-order valence-electron chi connectivity index (χ2n) is 6.54. The number of para-hydroxylation sites is 1. The lowest BCUT2D eigenvalue weighted by molar-refractivity contribution is 1.18. The maximum atomic E-state index is 12.4. The lowest BCUT2D eigenvalue weighted by atomic mass is 9.97. The maximum Gasteiger partial charge on any atom is 0.259 e. The zero-order valence-electron chi connectivity index (χ0n) is 14.5. The van der Waals surface area contributed by atoms with Crippen LogP contribution in [0.1, 0.15) is 0 Å². The summed E-state index contributed by atoms with van der Waals surface area (Å²) >= 11 is 0. The van der Waals surface area contributed by atoms with Gasteiger partial charge in [-0.3, -0.25) is 4.79 Å². The van der Waals surface area contributed by atoms with E-state index in [1.54, 1.807) is 6.07 Å². The minimum Gasteiger partial charge on any atom is -0.306 e. The Kier molecular flexibility index (Phi) is 3.58. The van der Waals surface area contributed by atoms with Crippen molar-refractivity contribution in [3.63, 3.8) is 0 Å². The molecule has 0 fully saturated rings. The lowest BCUT2D eigenvalue weighted by Gasteiger charge is -2.09. The summed E-state index contributed by atoms with van der Waals surface area (Å²) in [5.41, 5.74) is 3.74. The van der Waals surface area contributed by atoms with E-state index in [-0.39, 0.29) is 5.56 Å². The minimum atomic E-state index is -0.119. The van der Waals surface area contributed by atoms with Crippen LogP contribution in [0.15, 0.2) is 95.8 Å². The van der Waals surface area contributed by atoms with Gasteiger partial charge in [0, 0.05) is 5.56 Å². The maximum absolute atomic E-state index is 12.4. The van der Waals surface area contributed by atoms with Gasteiger partial charge in [0.1, 0.15) is 5.82 Å². The lowest BCUT2D eigenvalue weighted by Crippen LogP contribution is -2.09. The summed E-state index contributed by atoms with van der Waals surface area (Å²) in [7, 11) is 0. The van der Waals surface area contributed by atoms with Crippen LogP contribution in [0.5, 0.6) is 0 Å². The zero-order valence-corrected chi connectivity index (χ0v) is 14.5. The molecule has 0 aliphatic carbocycles. The highest BCUT2D eigenvalue weighted by Crippen LogP contribution is 2.30. The van der Waals surface area contributed by atoms with E-state index >= 15 is 0 Å². The third-order valence-electron chi connectivity index (χ3n) is 4.85. The van der Waals surface area contributed by atoms with Crippen molar-refractivity contribution in [3.8, 4) is 22.5 Å². The number of rotatable bonds is 2. The van der Waals surface area contributed by atoms with Crippen molar-refractivity contribution in [1.82, 2.24) is 9.97 Å². The van der Waals surface area contributed by atoms with Crippen molar-refractivity contribution in [2.75, 3.05) is 0 Å². The van der Waals surface area contributed by atoms with Crippen molar-refractivity contribution < 1.29 is 0 Å². The van der Waals surface area contributed by atoms with Gasteiger partial charge in [-0.15, -0.1) is 0 Å². The summed E-state index contributed by atoms with van der Waals surface area (Å²) < 4.78 is 0. The van der Waals surface area contributed by atoms with Crippen LogP contribution in [0.2, 0.25) is 0 Å². The molecular formula is C24H16N2O. The molecule has 0 saturated heterocycles. The van der Waals surface area contributed by atoms with Gasteiger partial charge in [-0.2, -0.15) is 0 Å². The van der Waals surface area contributed by atoms with Gasteiger partial charge >= 0.3 is 0 Å². The average molecular weight is 348 g/mol. The molecule has 3 heteroatoms. The first-order valence-corrected chi connectivity index (χ1v) is 8.87. The van der Waals surface area contributed by atoms with E-state index < -0.39 is 0 Å². The summed E-state index contributed by atoms with van der Waals surface area (Å²) in [6.07, 6.45) is 0. The average Bonchev–Trinajstić information content (AvgIpc) is 2.73. The van der Waals surface area contributed by atoms with Gasteiger partial charge in [-0.25, -0.2) is 4.98 Å². The second kappa shape index (κ2) is 6.22. The topological polar surface area (TPSA) is 45.8 Å². The molecule has 0 aliphatic rings. The predicted octanol–water partition coefficient (Wildman–Crippen LogP) is 5.41. The highest BCUT2D eigenvalue weighted by atomic mass is 16.1. The van der Waals surface area contributed by atoms with Crippen LogP contribution >= 0.6 is 0 Å². The van der Waals surface area contributed by atoms with Crippen molar-refractivity contribution >= 4 is 21.7 Å². The van der Waals surface area contributed by atoms with E-state index in [2.05, 4.69) is 58.5 Å². The smallest absolute Gasteiger partial charge is 0.259 e. The summed E-state index contributed by atoms with van der Waals surface area (Å²) in [5, 5.41) is 3.02. The number of benzene rings is 4. The Morgan fingerprint density at radius 3 is 2.30 bits per heavy atom. The number of nitrogens with zero attached hydrogens (tertiary/aromatic N) is 1. The summed E-state index contributed by atoms with van der Waals surface area (Å²) in [5.74, 6) is 0.584. The van der Waals surface area contributed by atoms with Gasteiger partial charge in [0.05, 0.1) is 10.9 Å². The molecule has 0 aliphatic heterocycles. The molecule has 1 aromatic heterocycles. The largest absolute Gasteiger partial charge is 0.306 e. The molecule has 0 unspecified atom stereocenters. The van der Waals surface area contributed by atoms with Crippen molar-refractivity contribution in [1.29, 1.82) is 0 Å². The first-order chi connectivity index (χ1) is 13.3. The third kappa shape index (κ3) is 2.70. The normalized spacial score (nSPS) is 11.1. The Morgan fingerprint density at radius 2 is 1.37 bits per heavy atom. The molecule has 27 heavy (non-hydrogen) atoms. The molecule has 0 bridgehead atoms. The van der Waals surface area contributed by atoms with Crippen molar-refractivity contribution in [2.45, 2.75) is 0 Å². The van der Waals surface area contributed by atoms with E-state index in [0.717, 1.165) is 16.7 Å². The summed E-state index contributed by atoms with van der Waals surface area (Å²) in [6.45, 7) is 0. The van der Waals surface area contributed by atoms with Gasteiger partial charge < -0.3 is 4.98 Å². The van der Waals surface area contributed by atoms with Gasteiger partial charge in [-0.1, -0.05) is 72.8 Å². The number of hydrogen-bond donors (Lipinski definition) is 1. The van der Waals surface area contributed by atoms with Crippen LogP contribution < -0.4 is 5.56 Å². The van der Waals surface area contributed by atoms with Crippen LogP contribution in [0.25, 0.3) is 44.2 Å². The quantitative estimate of drug-likeness (QED) is 0.463. The second-order valence-corrected chi connectivity index (χ2v) is 6.54. The van der Waals surface area contributed by atoms with Gasteiger partial charge in [0.2, 0.25) is 0 Å². The molecule has 1 heterocycles. The first-order valence-electron chi connectivity index (χ1n) is 8.87. The number of aromatic amines is 1. The van der Waals surface area contributed by atoms with E-state index in [9.17, 15) is 4.79 Å². The molecule has 0 saturated carbocycles. The van der Waals surface area contributed by atoms with Gasteiger partial charge in [0.25, 0.3) is 5.56 Å². The zero-order chi connectivity index (χ0) is 18.2. The van der Waals surface area contributed by atoms with E-state index in [1.807, 2.05) is 36.4 Å². The number of nitrogens with one attached hydrogen (secondary N) is 1. The standard InChI is InChI=1S/C24H16N2O/c27-24-21-12-3-4-14-22(21)25-23(26-24)18-10-5-9-17(15-18)20-13-6-8-16-7-1-2-11-19(16)20/h1-15H,(H,25,26,27). The molecule has 3 nitrogen and oxygen atoms in total. The monoisotopic (exact) mass is 348 g/mol. The van der Waals surface area contributed by atoms with E-state index in [4.69, 9.17) is 0 Å². The SMILES string of the molecule is O=c1[nH]c(-c2cccc(-c3cccc4ccccc34)c2)nc2ccccc12. The Hall–Kier alpha value is -3.72. The number of aromatic nitrogens is 2. The van der Waals surface area contributed by atoms with Crippen molar-refractivity contribution in [2.24, 2.45) is 0 Å². The highest BCUT2D eigenvalue weighted by Gasteiger charge is 2.08. The summed E-state index contributed by atoms with van der Waals surface area (Å²) in [6, 6.07) is 30.2. The molecule has 0 atom stereocenters. The Morgan fingerprint density at radius 1 is 0.667 bits per heavy atom. The Bertz CT molecular complexity index is 1350. The number of fused-ring (bicyclic) bond motifs is 2. The van der Waals surface area contributed by atoms with E-state index in [1.165, 1.54) is 10.8 Å². The van der Waals surface area contributed by atoms with Crippen molar-refractivity contribution in [3.05, 3.63) is 101 Å². The summed E-state index contributed by atoms with van der Waals surface area (Å²) in [4.78, 5) is 20.0. The highest BCUT2D eigenvalue weighted by molar-refractivity contribution is 5.97. The van der Waals surface area contributed by atoms with Gasteiger partial charge in [-0.05, 0) is 40.1 Å². The molecule has 1 N–H and O–H groups in total. The third-order valence-corrected chi connectivity index (χ3v) is 4.85. The Labute approximate surface area is 156 Å². The molecule has 5 aromatic rings. The molecule has 0 spiro atoms. The molecule has 5 rings (SSSR count). The van der Waals surface area contributed by atoms with Crippen LogP contribution in [-0.2, 0) is 0 Å². The van der Waals surface area contributed by atoms with Crippen LogP contribution in [-0.4, -0.2) is 9.97 Å². The fourth-order valence-electron chi connectivity index (χ4n) is 3.53. The molecule has 0 radical (unpaired) electrons. The molecule has 4 aromatic carbocycles. The van der Waals surface area contributed by atoms with Crippen LogP contribution in [0.4, 0.5) is 0 Å². The first kappa shape index (κ1) is 15.5. The van der Waals surface area contributed by atoms with Crippen LogP contribution in [0, 0.1) is 0 Å². The van der Waals surface area contributed by atoms with Gasteiger partial charge in [0.15, 0.2) is 0 Å². The predicted molar refractivity (Wildman–Crippen MR) is 111 cm³/mol. The van der Waals surface area contributed by atoms with E-state index in [0.29, 0.717) is 16.7 Å². The fraction of sp³-hybridized carbons (Fsp3) is 0. The molecule has 0 amide bonds. The fourth-order valence-corrected chi connectivity index (χ4v) is 3.53. The Balaban J connectivity index is 1.69. The minimum absolute atomic E-state index is 0.119. The number of hydrogen-bond acceptors (Lipinski definition) is 2. The molecular weight excluding hydrogens is 332 g/mol. The number of H-pyrrole nitrogens is 1. The molecule has 128 valence electrons.